The fourth-order valence-corrected chi connectivity index (χ4v) is 3.06. The molecule has 0 bridgehead atoms. The number of nitrogens with one attached hydrogen (secondary N) is 2. The number of guanidine groups is 1. The first-order valence-electron chi connectivity index (χ1n) is 8.69. The lowest BCUT2D eigenvalue weighted by Crippen LogP contribution is -2.42. The molecular weight excluding hydrogens is 465 g/mol. The van der Waals surface area contributed by atoms with Gasteiger partial charge < -0.3 is 15.4 Å². The SMILES string of the molecule is CCNC(=NCCCc1ccc(OC)cc1)NC(C)CCS(C)(=O)=O.I. The molecule has 0 aliphatic rings. The van der Waals surface area contributed by atoms with E-state index < -0.39 is 9.84 Å². The van der Waals surface area contributed by atoms with Gasteiger partial charge in [0.2, 0.25) is 0 Å². The Morgan fingerprint density at radius 2 is 1.92 bits per heavy atom. The number of sulfone groups is 1. The number of hydrogen-bond donors (Lipinski definition) is 2. The van der Waals surface area contributed by atoms with Crippen molar-refractivity contribution in [1.29, 1.82) is 0 Å². The van der Waals surface area contributed by atoms with E-state index in [9.17, 15) is 8.42 Å². The fraction of sp³-hybridized carbons (Fsp3) is 0.611. The minimum atomic E-state index is -2.93. The maximum absolute atomic E-state index is 11.3. The summed E-state index contributed by atoms with van der Waals surface area (Å²) >= 11 is 0. The Hall–Kier alpha value is -1.03. The van der Waals surface area contributed by atoms with Crippen LogP contribution in [0.5, 0.6) is 5.75 Å². The van der Waals surface area contributed by atoms with E-state index >= 15 is 0 Å². The molecule has 0 heterocycles. The Morgan fingerprint density at radius 3 is 2.46 bits per heavy atom. The van der Waals surface area contributed by atoms with Gasteiger partial charge in [-0.15, -0.1) is 24.0 Å². The van der Waals surface area contributed by atoms with Gasteiger partial charge in [0, 0.05) is 25.4 Å². The monoisotopic (exact) mass is 497 g/mol. The van der Waals surface area contributed by atoms with Crippen molar-refractivity contribution in [3.63, 3.8) is 0 Å². The van der Waals surface area contributed by atoms with Crippen LogP contribution in [0.15, 0.2) is 29.3 Å². The van der Waals surface area contributed by atoms with Gasteiger partial charge in [0.15, 0.2) is 5.96 Å². The summed E-state index contributed by atoms with van der Waals surface area (Å²) in [5.74, 6) is 1.78. The normalized spacial score (nSPS) is 12.8. The summed E-state index contributed by atoms with van der Waals surface area (Å²) in [7, 11) is -1.27. The molecule has 0 aliphatic carbocycles. The molecular formula is C18H32IN3O3S. The molecule has 1 aromatic rings. The van der Waals surface area contributed by atoms with Gasteiger partial charge in [-0.25, -0.2) is 8.42 Å². The molecule has 0 amide bonds. The maximum Gasteiger partial charge on any atom is 0.191 e. The van der Waals surface area contributed by atoms with E-state index in [4.69, 9.17) is 4.74 Å². The van der Waals surface area contributed by atoms with Crippen LogP contribution in [0.2, 0.25) is 0 Å². The highest BCUT2D eigenvalue weighted by molar-refractivity contribution is 14.0. The number of halogens is 1. The van der Waals surface area contributed by atoms with Crippen LogP contribution in [0.4, 0.5) is 0 Å². The van der Waals surface area contributed by atoms with Crippen LogP contribution < -0.4 is 15.4 Å². The molecule has 0 saturated heterocycles. The summed E-state index contributed by atoms with van der Waals surface area (Å²) in [5.41, 5.74) is 1.26. The van der Waals surface area contributed by atoms with Crippen molar-refractivity contribution in [1.82, 2.24) is 10.6 Å². The van der Waals surface area contributed by atoms with Crippen LogP contribution in [0.25, 0.3) is 0 Å². The predicted molar refractivity (Wildman–Crippen MR) is 120 cm³/mol. The van der Waals surface area contributed by atoms with Gasteiger partial charge in [0.1, 0.15) is 15.6 Å². The molecule has 1 rings (SSSR count). The Morgan fingerprint density at radius 1 is 1.27 bits per heavy atom. The second-order valence-corrected chi connectivity index (χ2v) is 8.44. The quantitative estimate of drug-likeness (QED) is 0.225. The van der Waals surface area contributed by atoms with Crippen molar-refractivity contribution in [2.24, 2.45) is 4.99 Å². The van der Waals surface area contributed by atoms with Gasteiger partial charge in [-0.2, -0.15) is 0 Å². The Balaban J connectivity index is 0.00000625. The molecule has 26 heavy (non-hydrogen) atoms. The number of nitrogens with zero attached hydrogens (tertiary/aromatic N) is 1. The number of aryl methyl sites for hydroxylation is 1. The molecule has 0 fully saturated rings. The molecule has 0 spiro atoms. The summed E-state index contributed by atoms with van der Waals surface area (Å²) in [5, 5.41) is 6.46. The molecule has 8 heteroatoms. The minimum absolute atomic E-state index is 0. The van der Waals surface area contributed by atoms with Crippen LogP contribution >= 0.6 is 24.0 Å². The lowest BCUT2D eigenvalue weighted by molar-refractivity contribution is 0.414. The zero-order chi connectivity index (χ0) is 18.7. The highest BCUT2D eigenvalue weighted by Crippen LogP contribution is 2.12. The number of ether oxygens (including phenoxy) is 1. The van der Waals surface area contributed by atoms with E-state index in [1.165, 1.54) is 11.8 Å². The fourth-order valence-electron chi connectivity index (χ4n) is 2.28. The van der Waals surface area contributed by atoms with E-state index in [1.54, 1.807) is 7.11 Å². The van der Waals surface area contributed by atoms with E-state index in [1.807, 2.05) is 26.0 Å². The average molecular weight is 497 g/mol. The summed E-state index contributed by atoms with van der Waals surface area (Å²) in [6.07, 6.45) is 3.73. The van der Waals surface area contributed by atoms with E-state index in [0.29, 0.717) is 13.0 Å². The van der Waals surface area contributed by atoms with Crippen LogP contribution in [-0.2, 0) is 16.3 Å². The van der Waals surface area contributed by atoms with E-state index in [2.05, 4.69) is 27.8 Å². The van der Waals surface area contributed by atoms with Crippen LogP contribution in [0, 0.1) is 0 Å². The first kappa shape index (κ1) is 25.0. The lowest BCUT2D eigenvalue weighted by Gasteiger charge is -2.17. The summed E-state index contributed by atoms with van der Waals surface area (Å²) in [6, 6.07) is 8.12. The predicted octanol–water partition coefficient (Wildman–Crippen LogP) is 2.62. The van der Waals surface area contributed by atoms with Crippen molar-refractivity contribution in [3.05, 3.63) is 29.8 Å². The Kier molecular flexibility index (Phi) is 12.7. The van der Waals surface area contributed by atoms with Gasteiger partial charge >= 0.3 is 0 Å². The standard InChI is InChI=1S/C18H31N3O3S.HI/c1-5-19-18(21-15(2)12-14-25(4,22)23)20-13-6-7-16-8-10-17(24-3)11-9-16;/h8-11,15H,5-7,12-14H2,1-4H3,(H2,19,20,21);1H. The molecule has 2 N–H and O–H groups in total. The van der Waals surface area contributed by atoms with Gasteiger partial charge in [-0.1, -0.05) is 12.1 Å². The first-order chi connectivity index (χ1) is 11.8. The highest BCUT2D eigenvalue weighted by Gasteiger charge is 2.09. The summed E-state index contributed by atoms with van der Waals surface area (Å²) in [4.78, 5) is 4.57. The van der Waals surface area contributed by atoms with Crippen LogP contribution in [0.1, 0.15) is 32.3 Å². The largest absolute Gasteiger partial charge is 0.497 e. The number of hydrogen-bond acceptors (Lipinski definition) is 4. The Labute approximate surface area is 175 Å². The molecule has 1 aromatic carbocycles. The number of methoxy groups -OCH3 is 1. The average Bonchev–Trinajstić information content (AvgIpc) is 2.57. The third kappa shape index (κ3) is 11.6. The van der Waals surface area contributed by atoms with Crippen molar-refractivity contribution < 1.29 is 13.2 Å². The molecule has 0 radical (unpaired) electrons. The molecule has 1 unspecified atom stereocenters. The zero-order valence-corrected chi connectivity index (χ0v) is 19.3. The number of aliphatic imine (C=N–C) groups is 1. The second kappa shape index (κ2) is 13.2. The van der Waals surface area contributed by atoms with Gasteiger partial charge in [0.05, 0.1) is 12.9 Å². The van der Waals surface area contributed by atoms with Gasteiger partial charge in [-0.3, -0.25) is 4.99 Å². The van der Waals surface area contributed by atoms with E-state index in [-0.39, 0.29) is 35.8 Å². The summed E-state index contributed by atoms with van der Waals surface area (Å²) in [6.45, 7) is 5.45. The molecule has 0 aromatic heterocycles. The highest BCUT2D eigenvalue weighted by atomic mass is 127. The third-order valence-electron chi connectivity index (χ3n) is 3.70. The minimum Gasteiger partial charge on any atom is -0.497 e. The van der Waals surface area contributed by atoms with Gasteiger partial charge in [0.25, 0.3) is 0 Å². The molecule has 6 nitrogen and oxygen atoms in total. The molecule has 1 atom stereocenters. The van der Waals surface area contributed by atoms with Crippen LogP contribution in [-0.4, -0.2) is 52.6 Å². The topological polar surface area (TPSA) is 79.8 Å². The van der Waals surface area contributed by atoms with Gasteiger partial charge in [-0.05, 0) is 50.8 Å². The third-order valence-corrected chi connectivity index (χ3v) is 4.68. The second-order valence-electron chi connectivity index (χ2n) is 6.18. The maximum atomic E-state index is 11.3. The molecule has 0 aliphatic heterocycles. The van der Waals surface area contributed by atoms with Crippen molar-refractivity contribution >= 4 is 39.8 Å². The van der Waals surface area contributed by atoms with Crippen LogP contribution in [0.3, 0.4) is 0 Å². The number of rotatable bonds is 10. The summed E-state index contributed by atoms with van der Waals surface area (Å²) < 4.78 is 27.7. The van der Waals surface area contributed by atoms with E-state index in [0.717, 1.165) is 31.1 Å². The number of benzene rings is 1. The van der Waals surface area contributed by atoms with Crippen molar-refractivity contribution in [3.8, 4) is 5.75 Å². The first-order valence-corrected chi connectivity index (χ1v) is 10.8. The lowest BCUT2D eigenvalue weighted by atomic mass is 10.1. The van der Waals surface area contributed by atoms with Crippen molar-refractivity contribution in [2.45, 2.75) is 39.2 Å². The van der Waals surface area contributed by atoms with Crippen molar-refractivity contribution in [2.75, 3.05) is 32.2 Å². The molecule has 0 saturated carbocycles. The Bertz CT molecular complexity index is 634. The smallest absolute Gasteiger partial charge is 0.191 e. The zero-order valence-electron chi connectivity index (χ0n) is 16.1. The molecule has 150 valence electrons.